The number of hydrogen-bond donors (Lipinski definition) is 2. The number of H-pyrrole nitrogens is 1. The molecule has 17 heavy (non-hydrogen) atoms. The van der Waals surface area contributed by atoms with Crippen LogP contribution in [0.5, 0.6) is 0 Å². The van der Waals surface area contributed by atoms with Gasteiger partial charge in [-0.3, -0.25) is 4.98 Å². The number of nitrogens with two attached hydrogens (primary N) is 1. The molecular weight excluding hydrogens is 280 g/mol. The van der Waals surface area contributed by atoms with E-state index in [-0.39, 0.29) is 0 Å². The first-order valence-corrected chi connectivity index (χ1v) is 5.88. The van der Waals surface area contributed by atoms with Crippen LogP contribution in [0.25, 0.3) is 22.4 Å². The first kappa shape index (κ1) is 10.3. The molecule has 0 saturated heterocycles. The normalized spacial score (nSPS) is 10.9. The molecule has 4 nitrogen and oxygen atoms in total. The Kier molecular flexibility index (Phi) is 2.33. The first-order valence-electron chi connectivity index (χ1n) is 5.09. The number of halogens is 1. The molecule has 3 N–H and O–H groups in total. The Morgan fingerprint density at radius 2 is 2.12 bits per heavy atom. The highest BCUT2D eigenvalue weighted by atomic mass is 79.9. The number of rotatable bonds is 1. The number of nitrogens with one attached hydrogen (secondary N) is 1. The zero-order chi connectivity index (χ0) is 11.8. The molecular formula is C12H9BrN4. The van der Waals surface area contributed by atoms with Gasteiger partial charge in [0.2, 0.25) is 0 Å². The van der Waals surface area contributed by atoms with E-state index in [2.05, 4.69) is 30.9 Å². The van der Waals surface area contributed by atoms with Crippen molar-refractivity contribution in [3.63, 3.8) is 0 Å². The van der Waals surface area contributed by atoms with E-state index >= 15 is 0 Å². The lowest BCUT2D eigenvalue weighted by Crippen LogP contribution is -1.91. The van der Waals surface area contributed by atoms with Crippen molar-refractivity contribution in [2.45, 2.75) is 0 Å². The number of imidazole rings is 1. The van der Waals surface area contributed by atoms with Gasteiger partial charge in [-0.2, -0.15) is 0 Å². The lowest BCUT2D eigenvalue weighted by atomic mass is 10.2. The maximum Gasteiger partial charge on any atom is 0.140 e. The van der Waals surface area contributed by atoms with Crippen molar-refractivity contribution in [1.29, 1.82) is 0 Å². The number of aromatic amines is 1. The Morgan fingerprint density at radius 3 is 2.94 bits per heavy atom. The third-order valence-electron chi connectivity index (χ3n) is 2.55. The molecule has 84 valence electrons. The van der Waals surface area contributed by atoms with E-state index in [4.69, 9.17) is 5.73 Å². The van der Waals surface area contributed by atoms with Crippen LogP contribution in [0.15, 0.2) is 41.1 Å². The van der Waals surface area contributed by atoms with Crippen LogP contribution in [0.2, 0.25) is 0 Å². The van der Waals surface area contributed by atoms with E-state index in [0.717, 1.165) is 26.9 Å². The third-order valence-corrected chi connectivity index (χ3v) is 3.04. The molecule has 5 heteroatoms. The van der Waals surface area contributed by atoms with E-state index in [9.17, 15) is 0 Å². The molecule has 3 aromatic rings. The number of pyridine rings is 1. The topological polar surface area (TPSA) is 67.6 Å². The standard InChI is InChI=1S/C12H9BrN4/c13-7-1-2-10-11(5-7)17-12(16-10)8-3-4-15-6-9(8)14/h1-6H,14H2,(H,16,17). The summed E-state index contributed by atoms with van der Waals surface area (Å²) in [5, 5.41) is 0. The summed E-state index contributed by atoms with van der Waals surface area (Å²) in [4.78, 5) is 11.7. The summed E-state index contributed by atoms with van der Waals surface area (Å²) in [6.45, 7) is 0. The summed E-state index contributed by atoms with van der Waals surface area (Å²) >= 11 is 3.43. The average molecular weight is 289 g/mol. The summed E-state index contributed by atoms with van der Waals surface area (Å²) in [6.07, 6.45) is 3.33. The van der Waals surface area contributed by atoms with Crippen molar-refractivity contribution >= 4 is 32.7 Å². The Morgan fingerprint density at radius 1 is 1.24 bits per heavy atom. The van der Waals surface area contributed by atoms with E-state index < -0.39 is 0 Å². The largest absolute Gasteiger partial charge is 0.397 e. The van der Waals surface area contributed by atoms with Gasteiger partial charge < -0.3 is 10.7 Å². The number of anilines is 1. The fourth-order valence-electron chi connectivity index (χ4n) is 1.73. The number of aromatic nitrogens is 3. The summed E-state index contributed by atoms with van der Waals surface area (Å²) in [5.41, 5.74) is 9.25. The molecule has 0 spiro atoms. The van der Waals surface area contributed by atoms with E-state index in [0.29, 0.717) is 5.69 Å². The van der Waals surface area contributed by atoms with Gasteiger partial charge in [-0.25, -0.2) is 4.98 Å². The summed E-state index contributed by atoms with van der Waals surface area (Å²) in [5.74, 6) is 0.762. The van der Waals surface area contributed by atoms with Gasteiger partial charge in [-0.15, -0.1) is 0 Å². The van der Waals surface area contributed by atoms with Gasteiger partial charge >= 0.3 is 0 Å². The van der Waals surface area contributed by atoms with Gasteiger partial charge in [0, 0.05) is 16.2 Å². The number of benzene rings is 1. The molecule has 0 amide bonds. The van der Waals surface area contributed by atoms with Crippen molar-refractivity contribution in [3.8, 4) is 11.4 Å². The minimum Gasteiger partial charge on any atom is -0.397 e. The van der Waals surface area contributed by atoms with Crippen LogP contribution < -0.4 is 5.73 Å². The molecule has 0 aliphatic rings. The average Bonchev–Trinajstić information content (AvgIpc) is 2.72. The highest BCUT2D eigenvalue weighted by Crippen LogP contribution is 2.25. The molecule has 3 rings (SSSR count). The van der Waals surface area contributed by atoms with Gasteiger partial charge in [0.05, 0.1) is 22.9 Å². The molecule has 1 aromatic carbocycles. The second kappa shape index (κ2) is 3.85. The Balaban J connectivity index is 2.22. The monoisotopic (exact) mass is 288 g/mol. The maximum atomic E-state index is 5.87. The molecule has 0 fully saturated rings. The van der Waals surface area contributed by atoms with E-state index in [1.807, 2.05) is 24.3 Å². The zero-order valence-electron chi connectivity index (χ0n) is 8.81. The highest BCUT2D eigenvalue weighted by Gasteiger charge is 2.08. The first-order chi connectivity index (χ1) is 8.24. The molecule has 2 aromatic heterocycles. The SMILES string of the molecule is Nc1cnccc1-c1nc2ccc(Br)cc2[nH]1. The quantitative estimate of drug-likeness (QED) is 0.723. The fourth-order valence-corrected chi connectivity index (χ4v) is 2.09. The van der Waals surface area contributed by atoms with Crippen molar-refractivity contribution in [3.05, 3.63) is 41.1 Å². The second-order valence-corrected chi connectivity index (χ2v) is 4.63. The summed E-state index contributed by atoms with van der Waals surface area (Å²) in [6, 6.07) is 7.75. The van der Waals surface area contributed by atoms with Gasteiger partial charge in [-0.1, -0.05) is 15.9 Å². The summed E-state index contributed by atoms with van der Waals surface area (Å²) in [7, 11) is 0. The van der Waals surface area contributed by atoms with Crippen molar-refractivity contribution in [2.24, 2.45) is 0 Å². The summed E-state index contributed by atoms with van der Waals surface area (Å²) < 4.78 is 1.02. The zero-order valence-corrected chi connectivity index (χ0v) is 10.4. The number of hydrogen-bond acceptors (Lipinski definition) is 3. The van der Waals surface area contributed by atoms with Crippen LogP contribution in [0.3, 0.4) is 0 Å². The van der Waals surface area contributed by atoms with Crippen LogP contribution in [0.1, 0.15) is 0 Å². The Bertz CT molecular complexity index is 690. The highest BCUT2D eigenvalue weighted by molar-refractivity contribution is 9.10. The van der Waals surface area contributed by atoms with Gasteiger partial charge in [0.1, 0.15) is 5.82 Å². The smallest absolute Gasteiger partial charge is 0.140 e. The van der Waals surface area contributed by atoms with E-state index in [1.165, 1.54) is 0 Å². The molecule has 0 unspecified atom stereocenters. The Labute approximate surface area is 106 Å². The van der Waals surface area contributed by atoms with Crippen LogP contribution >= 0.6 is 15.9 Å². The maximum absolute atomic E-state index is 5.87. The fraction of sp³-hybridized carbons (Fsp3) is 0. The minimum atomic E-state index is 0.616. The number of nitrogen functional groups attached to an aromatic ring is 1. The van der Waals surface area contributed by atoms with Crippen LogP contribution in [0, 0.1) is 0 Å². The van der Waals surface area contributed by atoms with Crippen LogP contribution in [-0.2, 0) is 0 Å². The van der Waals surface area contributed by atoms with Crippen LogP contribution in [-0.4, -0.2) is 15.0 Å². The molecule has 0 aliphatic heterocycles. The second-order valence-electron chi connectivity index (χ2n) is 3.71. The lowest BCUT2D eigenvalue weighted by Gasteiger charge is -1.99. The van der Waals surface area contributed by atoms with E-state index in [1.54, 1.807) is 12.4 Å². The molecule has 0 aliphatic carbocycles. The predicted molar refractivity (Wildman–Crippen MR) is 71.4 cm³/mol. The van der Waals surface area contributed by atoms with Crippen LogP contribution in [0.4, 0.5) is 5.69 Å². The predicted octanol–water partition coefficient (Wildman–Crippen LogP) is 2.97. The third kappa shape index (κ3) is 1.78. The Hall–Kier alpha value is -1.88. The molecule has 0 radical (unpaired) electrons. The molecule has 0 saturated carbocycles. The lowest BCUT2D eigenvalue weighted by molar-refractivity contribution is 1.29. The van der Waals surface area contributed by atoms with Gasteiger partial charge in [-0.05, 0) is 24.3 Å². The van der Waals surface area contributed by atoms with Gasteiger partial charge in [0.15, 0.2) is 0 Å². The van der Waals surface area contributed by atoms with Crippen molar-refractivity contribution in [2.75, 3.05) is 5.73 Å². The van der Waals surface area contributed by atoms with Gasteiger partial charge in [0.25, 0.3) is 0 Å². The van der Waals surface area contributed by atoms with Crippen molar-refractivity contribution in [1.82, 2.24) is 15.0 Å². The number of nitrogens with zero attached hydrogens (tertiary/aromatic N) is 2. The molecule has 2 heterocycles. The minimum absolute atomic E-state index is 0.616. The molecule has 0 atom stereocenters. The molecule has 0 bridgehead atoms. The van der Waals surface area contributed by atoms with Crippen molar-refractivity contribution < 1.29 is 0 Å². The number of fused-ring (bicyclic) bond motifs is 1.